The molecule has 5 nitrogen and oxygen atoms in total. The van der Waals surface area contributed by atoms with Crippen molar-refractivity contribution in [3.05, 3.63) is 24.0 Å². The van der Waals surface area contributed by atoms with Gasteiger partial charge in [0.15, 0.2) is 0 Å². The molecule has 0 aliphatic carbocycles. The fourth-order valence-corrected chi connectivity index (χ4v) is 3.87. The molecule has 23 heavy (non-hydrogen) atoms. The van der Waals surface area contributed by atoms with E-state index in [-0.39, 0.29) is 11.4 Å². The SMILES string of the molecule is Cc1ccc(N2CCN(CC(C)C)C3(CCNCC3)C2=O)cn1. The van der Waals surface area contributed by atoms with E-state index in [4.69, 9.17) is 0 Å². The van der Waals surface area contributed by atoms with Crippen molar-refractivity contribution in [2.24, 2.45) is 5.92 Å². The number of aryl methyl sites for hydroxylation is 1. The molecule has 0 unspecified atom stereocenters. The van der Waals surface area contributed by atoms with Crippen LogP contribution in [-0.4, -0.2) is 54.1 Å². The fourth-order valence-electron chi connectivity index (χ4n) is 3.87. The summed E-state index contributed by atoms with van der Waals surface area (Å²) in [4.78, 5) is 22.2. The molecule has 2 fully saturated rings. The van der Waals surface area contributed by atoms with Gasteiger partial charge in [0.25, 0.3) is 0 Å². The Bertz CT molecular complexity index is 549. The highest BCUT2D eigenvalue weighted by Crippen LogP contribution is 2.34. The Labute approximate surface area is 139 Å². The quantitative estimate of drug-likeness (QED) is 0.924. The Hall–Kier alpha value is -1.46. The second-order valence-electron chi connectivity index (χ2n) is 7.24. The number of aromatic nitrogens is 1. The van der Waals surface area contributed by atoms with Crippen LogP contribution in [0.15, 0.2) is 18.3 Å². The maximum Gasteiger partial charge on any atom is 0.247 e. The molecule has 1 N–H and O–H groups in total. The van der Waals surface area contributed by atoms with Crippen LogP contribution < -0.4 is 10.2 Å². The first-order valence-corrected chi connectivity index (χ1v) is 8.73. The summed E-state index contributed by atoms with van der Waals surface area (Å²) >= 11 is 0. The number of pyridine rings is 1. The van der Waals surface area contributed by atoms with Crippen molar-refractivity contribution in [1.82, 2.24) is 15.2 Å². The van der Waals surface area contributed by atoms with Crippen LogP contribution in [0.25, 0.3) is 0 Å². The standard InChI is InChI=1S/C18H28N4O/c1-14(2)13-21-10-11-22(16-5-4-15(3)20-12-16)17(23)18(21)6-8-19-9-7-18/h4-5,12,14,19H,6-11,13H2,1-3H3. The number of nitrogens with one attached hydrogen (secondary N) is 1. The Morgan fingerprint density at radius 1 is 1.26 bits per heavy atom. The Morgan fingerprint density at radius 3 is 2.61 bits per heavy atom. The van der Waals surface area contributed by atoms with Gasteiger partial charge in [-0.1, -0.05) is 13.8 Å². The maximum absolute atomic E-state index is 13.4. The third kappa shape index (κ3) is 3.12. The van der Waals surface area contributed by atoms with E-state index in [1.54, 1.807) is 0 Å². The lowest BCUT2D eigenvalue weighted by Gasteiger charge is -2.52. The average Bonchev–Trinajstić information content (AvgIpc) is 2.54. The van der Waals surface area contributed by atoms with E-state index in [1.165, 1.54) is 0 Å². The van der Waals surface area contributed by atoms with Gasteiger partial charge in [-0.2, -0.15) is 0 Å². The third-order valence-corrected chi connectivity index (χ3v) is 5.07. The van der Waals surface area contributed by atoms with Crippen molar-refractivity contribution < 1.29 is 4.79 Å². The van der Waals surface area contributed by atoms with Gasteiger partial charge in [-0.3, -0.25) is 14.7 Å². The number of carbonyl (C=O) groups excluding carboxylic acids is 1. The van der Waals surface area contributed by atoms with E-state index in [0.29, 0.717) is 5.92 Å². The molecule has 1 aromatic rings. The van der Waals surface area contributed by atoms with E-state index in [0.717, 1.165) is 56.9 Å². The van der Waals surface area contributed by atoms with Gasteiger partial charge in [0, 0.05) is 25.3 Å². The monoisotopic (exact) mass is 316 g/mol. The number of nitrogens with zero attached hydrogens (tertiary/aromatic N) is 3. The van der Waals surface area contributed by atoms with E-state index >= 15 is 0 Å². The third-order valence-electron chi connectivity index (χ3n) is 5.07. The zero-order chi connectivity index (χ0) is 16.4. The molecular weight excluding hydrogens is 288 g/mol. The van der Waals surface area contributed by atoms with E-state index in [2.05, 4.69) is 29.0 Å². The second kappa shape index (κ2) is 6.57. The molecule has 0 atom stereocenters. The minimum absolute atomic E-state index is 0.261. The molecule has 0 saturated carbocycles. The molecule has 0 bridgehead atoms. The minimum atomic E-state index is -0.335. The van der Waals surface area contributed by atoms with Gasteiger partial charge in [-0.15, -0.1) is 0 Å². The van der Waals surface area contributed by atoms with Crippen LogP contribution in [0.3, 0.4) is 0 Å². The highest BCUT2D eigenvalue weighted by molar-refractivity contribution is 6.01. The summed E-state index contributed by atoms with van der Waals surface area (Å²) in [5.74, 6) is 0.832. The summed E-state index contributed by atoms with van der Waals surface area (Å²) < 4.78 is 0. The Morgan fingerprint density at radius 2 is 2.00 bits per heavy atom. The van der Waals surface area contributed by atoms with Crippen molar-refractivity contribution in [2.75, 3.05) is 37.6 Å². The molecule has 3 rings (SSSR count). The normalized spacial score (nSPS) is 22.1. The topological polar surface area (TPSA) is 48.5 Å². The van der Waals surface area contributed by atoms with Crippen LogP contribution in [0.5, 0.6) is 0 Å². The van der Waals surface area contributed by atoms with Gasteiger partial charge in [-0.25, -0.2) is 0 Å². The molecule has 5 heteroatoms. The van der Waals surface area contributed by atoms with Gasteiger partial charge >= 0.3 is 0 Å². The largest absolute Gasteiger partial charge is 0.317 e. The molecule has 1 amide bonds. The first-order valence-electron chi connectivity index (χ1n) is 8.73. The van der Waals surface area contributed by atoms with Gasteiger partial charge < -0.3 is 10.2 Å². The number of rotatable bonds is 3. The van der Waals surface area contributed by atoms with Crippen molar-refractivity contribution >= 4 is 11.6 Å². The number of anilines is 1. The molecule has 2 aliphatic rings. The van der Waals surface area contributed by atoms with E-state index < -0.39 is 0 Å². The number of hydrogen-bond acceptors (Lipinski definition) is 4. The van der Waals surface area contributed by atoms with Crippen LogP contribution in [0.2, 0.25) is 0 Å². The van der Waals surface area contributed by atoms with Crippen molar-refractivity contribution in [1.29, 1.82) is 0 Å². The summed E-state index contributed by atoms with van der Waals surface area (Å²) in [7, 11) is 0. The van der Waals surface area contributed by atoms with Gasteiger partial charge in [0.1, 0.15) is 5.54 Å². The van der Waals surface area contributed by atoms with Crippen molar-refractivity contribution in [3.63, 3.8) is 0 Å². The van der Waals surface area contributed by atoms with Crippen LogP contribution in [0.1, 0.15) is 32.4 Å². The molecule has 0 radical (unpaired) electrons. The van der Waals surface area contributed by atoms with Crippen LogP contribution in [0.4, 0.5) is 5.69 Å². The highest BCUT2D eigenvalue weighted by atomic mass is 16.2. The number of amides is 1. The Balaban J connectivity index is 1.89. The number of hydrogen-bond donors (Lipinski definition) is 1. The van der Waals surface area contributed by atoms with Crippen molar-refractivity contribution in [3.8, 4) is 0 Å². The summed E-state index contributed by atoms with van der Waals surface area (Å²) in [6, 6.07) is 4.01. The number of piperidine rings is 1. The van der Waals surface area contributed by atoms with Crippen LogP contribution >= 0.6 is 0 Å². The number of carbonyl (C=O) groups is 1. The second-order valence-corrected chi connectivity index (χ2v) is 7.24. The molecule has 2 saturated heterocycles. The lowest BCUT2D eigenvalue weighted by atomic mass is 9.82. The van der Waals surface area contributed by atoms with Crippen LogP contribution in [-0.2, 0) is 4.79 Å². The van der Waals surface area contributed by atoms with Gasteiger partial charge in [0.2, 0.25) is 5.91 Å². The molecule has 3 heterocycles. The zero-order valence-electron chi connectivity index (χ0n) is 14.5. The van der Waals surface area contributed by atoms with Gasteiger partial charge in [-0.05, 0) is 50.9 Å². The lowest BCUT2D eigenvalue weighted by molar-refractivity contribution is -0.136. The first-order chi connectivity index (χ1) is 11.0. The molecule has 1 aromatic heterocycles. The maximum atomic E-state index is 13.4. The zero-order valence-corrected chi connectivity index (χ0v) is 14.5. The summed E-state index contributed by atoms with van der Waals surface area (Å²) in [6.07, 6.45) is 3.63. The van der Waals surface area contributed by atoms with E-state index in [1.807, 2.05) is 30.2 Å². The molecular formula is C18H28N4O. The molecule has 1 spiro atoms. The average molecular weight is 316 g/mol. The summed E-state index contributed by atoms with van der Waals surface area (Å²) in [5, 5.41) is 3.40. The first kappa shape index (κ1) is 16.4. The molecule has 0 aromatic carbocycles. The smallest absolute Gasteiger partial charge is 0.247 e. The van der Waals surface area contributed by atoms with Gasteiger partial charge in [0.05, 0.1) is 11.9 Å². The predicted octanol–water partition coefficient (Wildman–Crippen LogP) is 1.82. The summed E-state index contributed by atoms with van der Waals surface area (Å²) in [5.41, 5.74) is 1.58. The fraction of sp³-hybridized carbons (Fsp3) is 0.667. The van der Waals surface area contributed by atoms with Crippen LogP contribution in [0, 0.1) is 12.8 Å². The predicted molar refractivity (Wildman–Crippen MR) is 92.6 cm³/mol. The Kier molecular flexibility index (Phi) is 4.69. The summed E-state index contributed by atoms with van der Waals surface area (Å²) in [6.45, 7) is 11.0. The minimum Gasteiger partial charge on any atom is -0.317 e. The van der Waals surface area contributed by atoms with Crippen molar-refractivity contribution in [2.45, 2.75) is 39.2 Å². The molecule has 2 aliphatic heterocycles. The molecule has 126 valence electrons. The lowest BCUT2D eigenvalue weighted by Crippen LogP contribution is -2.69. The highest BCUT2D eigenvalue weighted by Gasteiger charge is 2.49. The van der Waals surface area contributed by atoms with E-state index in [9.17, 15) is 4.79 Å². The number of piperazine rings is 1.